The minimum atomic E-state index is 1.01. The zero-order valence-corrected chi connectivity index (χ0v) is 26.6. The summed E-state index contributed by atoms with van der Waals surface area (Å²) >= 11 is 0. The third-order valence-corrected chi connectivity index (χ3v) is 9.42. The van der Waals surface area contributed by atoms with E-state index in [1.807, 2.05) is 0 Å². The predicted octanol–water partition coefficient (Wildman–Crippen LogP) is 12.5. The first-order valence-corrected chi connectivity index (χ1v) is 16.7. The Bertz CT molecular complexity index is 2140. The average molecular weight is 592 g/mol. The van der Waals surface area contributed by atoms with Gasteiger partial charge in [0.15, 0.2) is 0 Å². The number of benzene rings is 6. The first kappa shape index (κ1) is 28.2. The van der Waals surface area contributed by atoms with E-state index in [1.165, 1.54) is 72.1 Å². The Morgan fingerprint density at radius 2 is 0.891 bits per heavy atom. The lowest BCUT2D eigenvalue weighted by Gasteiger charge is -2.13. The van der Waals surface area contributed by atoms with E-state index in [-0.39, 0.29) is 0 Å². The fourth-order valence-electron chi connectivity index (χ4n) is 7.12. The molecule has 0 fully saturated rings. The molecule has 1 aromatic heterocycles. The second kappa shape index (κ2) is 11.9. The average Bonchev–Trinajstić information content (AvgIpc) is 3.44. The number of nitrogens with zero attached hydrogens (tertiary/aromatic N) is 1. The molecule has 222 valence electrons. The molecule has 0 radical (unpaired) electrons. The molecule has 0 unspecified atom stereocenters. The molecule has 0 spiro atoms. The van der Waals surface area contributed by atoms with E-state index >= 15 is 0 Å². The number of pyridine rings is 1. The van der Waals surface area contributed by atoms with E-state index in [2.05, 4.69) is 153 Å². The molecule has 1 nitrogen and oxygen atoms in total. The smallest absolute Gasteiger partial charge is 0.0722 e. The molecule has 1 heterocycles. The van der Waals surface area contributed by atoms with Crippen LogP contribution >= 0.6 is 0 Å². The molecular formula is C45H37N. The van der Waals surface area contributed by atoms with E-state index in [0.717, 1.165) is 42.5 Å². The molecule has 0 bridgehead atoms. The molecule has 46 heavy (non-hydrogen) atoms. The fraction of sp³-hybridized carbons (Fsp3) is 0.133. The van der Waals surface area contributed by atoms with Gasteiger partial charge in [-0.15, -0.1) is 0 Å². The van der Waals surface area contributed by atoms with Crippen molar-refractivity contribution in [1.82, 2.24) is 4.98 Å². The van der Waals surface area contributed by atoms with Crippen LogP contribution in [0.3, 0.4) is 0 Å². The monoisotopic (exact) mass is 591 g/mol. The highest BCUT2D eigenvalue weighted by Gasteiger charge is 2.22. The van der Waals surface area contributed by atoms with Crippen LogP contribution in [0.4, 0.5) is 0 Å². The van der Waals surface area contributed by atoms with Crippen LogP contribution in [0.15, 0.2) is 140 Å². The summed E-state index contributed by atoms with van der Waals surface area (Å²) in [5, 5.41) is 1.26. The fourth-order valence-corrected chi connectivity index (χ4v) is 7.12. The van der Waals surface area contributed by atoms with Crippen molar-refractivity contribution in [3.8, 4) is 66.9 Å². The molecule has 7 aromatic rings. The van der Waals surface area contributed by atoms with Crippen LogP contribution in [-0.4, -0.2) is 4.98 Å². The van der Waals surface area contributed by atoms with Crippen LogP contribution in [0.25, 0.3) is 77.8 Å². The molecule has 0 saturated carbocycles. The van der Waals surface area contributed by atoms with Crippen LogP contribution < -0.4 is 0 Å². The second-order valence-corrected chi connectivity index (χ2v) is 12.6. The van der Waals surface area contributed by atoms with Gasteiger partial charge < -0.3 is 0 Å². The van der Waals surface area contributed by atoms with Crippen molar-refractivity contribution in [2.75, 3.05) is 0 Å². The first-order valence-electron chi connectivity index (χ1n) is 16.7. The lowest BCUT2D eigenvalue weighted by atomic mass is 9.91. The third-order valence-electron chi connectivity index (χ3n) is 9.42. The first-order chi connectivity index (χ1) is 22.7. The van der Waals surface area contributed by atoms with Gasteiger partial charge in [-0.05, 0) is 116 Å². The van der Waals surface area contributed by atoms with E-state index < -0.39 is 0 Å². The van der Waals surface area contributed by atoms with Gasteiger partial charge in [0.25, 0.3) is 0 Å². The van der Waals surface area contributed by atoms with Crippen LogP contribution in [0.5, 0.6) is 0 Å². The van der Waals surface area contributed by atoms with E-state index in [9.17, 15) is 0 Å². The Kier molecular flexibility index (Phi) is 7.31. The van der Waals surface area contributed by atoms with Gasteiger partial charge in [-0.2, -0.15) is 0 Å². The van der Waals surface area contributed by atoms with E-state index in [4.69, 9.17) is 4.98 Å². The molecule has 0 atom stereocenters. The molecule has 1 heteroatoms. The number of rotatable bonds is 8. The Labute approximate surface area is 272 Å². The zero-order valence-electron chi connectivity index (χ0n) is 26.6. The van der Waals surface area contributed by atoms with Crippen molar-refractivity contribution in [2.24, 2.45) is 0 Å². The molecule has 0 N–H and O–H groups in total. The molecule has 1 aliphatic rings. The molecule has 0 saturated heterocycles. The standard InChI is InChI=1S/C45H37N/c1-3-9-30-17-21-32(22-18-30)36-26-37(33-23-19-31(10-4-2)20-24-33)28-38(27-36)34-11-7-12-35(25-34)44-29-42-40-14-6-5-13-39(40)41-15-8-16-43(46-44)45(41)42/h5-8,11-29H,3-4,9-10H2,1-2H3. The largest absolute Gasteiger partial charge is 0.248 e. The highest BCUT2D eigenvalue weighted by molar-refractivity contribution is 6.14. The van der Waals surface area contributed by atoms with Gasteiger partial charge >= 0.3 is 0 Å². The molecule has 0 amide bonds. The summed E-state index contributed by atoms with van der Waals surface area (Å²) in [5.41, 5.74) is 18.5. The number of hydrogen-bond donors (Lipinski definition) is 0. The van der Waals surface area contributed by atoms with Crippen molar-refractivity contribution in [3.63, 3.8) is 0 Å². The van der Waals surface area contributed by atoms with E-state index in [0.29, 0.717) is 0 Å². The predicted molar refractivity (Wildman–Crippen MR) is 196 cm³/mol. The van der Waals surface area contributed by atoms with Gasteiger partial charge in [0, 0.05) is 10.9 Å². The molecule has 1 aliphatic carbocycles. The summed E-state index contributed by atoms with van der Waals surface area (Å²) in [5.74, 6) is 0. The third kappa shape index (κ3) is 5.12. The summed E-state index contributed by atoms with van der Waals surface area (Å²) in [7, 11) is 0. The molecule has 8 rings (SSSR count). The van der Waals surface area contributed by atoms with E-state index in [1.54, 1.807) is 0 Å². The number of aromatic nitrogens is 1. The maximum Gasteiger partial charge on any atom is 0.0722 e. The molecular weight excluding hydrogens is 555 g/mol. The number of aryl methyl sites for hydroxylation is 2. The van der Waals surface area contributed by atoms with Crippen LogP contribution in [0.1, 0.15) is 37.8 Å². The second-order valence-electron chi connectivity index (χ2n) is 12.6. The lowest BCUT2D eigenvalue weighted by molar-refractivity contribution is 0.922. The Balaban J connectivity index is 1.24. The van der Waals surface area contributed by atoms with Gasteiger partial charge in [-0.1, -0.05) is 130 Å². The minimum Gasteiger partial charge on any atom is -0.248 e. The quantitative estimate of drug-likeness (QED) is 0.171. The van der Waals surface area contributed by atoms with Crippen LogP contribution in [0, 0.1) is 0 Å². The maximum atomic E-state index is 5.20. The summed E-state index contributed by atoms with van der Waals surface area (Å²) in [6.07, 6.45) is 4.54. The Hall–Kier alpha value is -5.27. The van der Waals surface area contributed by atoms with Gasteiger partial charge in [-0.25, -0.2) is 4.98 Å². The van der Waals surface area contributed by atoms with Crippen LogP contribution in [0.2, 0.25) is 0 Å². The number of hydrogen-bond acceptors (Lipinski definition) is 1. The van der Waals surface area contributed by atoms with Crippen LogP contribution in [-0.2, 0) is 12.8 Å². The summed E-state index contributed by atoms with van der Waals surface area (Å²) < 4.78 is 0. The van der Waals surface area contributed by atoms with Crippen molar-refractivity contribution >= 4 is 10.9 Å². The Morgan fingerprint density at radius 1 is 0.391 bits per heavy atom. The minimum absolute atomic E-state index is 1.01. The summed E-state index contributed by atoms with van der Waals surface area (Å²) in [6.45, 7) is 4.48. The van der Waals surface area contributed by atoms with Gasteiger partial charge in [-0.3, -0.25) is 0 Å². The Morgan fingerprint density at radius 3 is 1.50 bits per heavy atom. The van der Waals surface area contributed by atoms with Gasteiger partial charge in [0.05, 0.1) is 11.2 Å². The van der Waals surface area contributed by atoms with Gasteiger partial charge in [0.2, 0.25) is 0 Å². The van der Waals surface area contributed by atoms with Crippen molar-refractivity contribution in [2.45, 2.75) is 39.5 Å². The highest BCUT2D eigenvalue weighted by Crippen LogP contribution is 2.47. The summed E-state index contributed by atoms with van der Waals surface area (Å²) in [6, 6.07) is 51.7. The van der Waals surface area contributed by atoms with Crippen molar-refractivity contribution in [3.05, 3.63) is 151 Å². The van der Waals surface area contributed by atoms with Gasteiger partial charge in [0.1, 0.15) is 0 Å². The van der Waals surface area contributed by atoms with Crippen molar-refractivity contribution < 1.29 is 0 Å². The lowest BCUT2D eigenvalue weighted by Crippen LogP contribution is -1.90. The topological polar surface area (TPSA) is 12.9 Å². The zero-order chi connectivity index (χ0) is 31.0. The normalized spacial score (nSPS) is 11.6. The number of fused-ring (bicyclic) bond motifs is 3. The molecule has 0 aliphatic heterocycles. The van der Waals surface area contributed by atoms with Crippen molar-refractivity contribution in [1.29, 1.82) is 0 Å². The highest BCUT2D eigenvalue weighted by atomic mass is 14.7. The molecule has 6 aromatic carbocycles. The maximum absolute atomic E-state index is 5.20. The SMILES string of the molecule is CCCc1ccc(-c2cc(-c3ccc(CCC)cc3)cc(-c3cccc(-c4cc5c6c(cccc6n4)-c4ccccc4-5)c3)c2)cc1. The summed E-state index contributed by atoms with van der Waals surface area (Å²) in [4.78, 5) is 5.20.